The smallest absolute Gasteiger partial charge is 0.0766 e. The fourth-order valence-electron chi connectivity index (χ4n) is 0.907. The second-order valence-corrected chi connectivity index (χ2v) is 4.12. The predicted octanol–water partition coefficient (Wildman–Crippen LogP) is 0.756. The molecule has 0 aromatic rings. The first-order valence-corrected chi connectivity index (χ1v) is 5.04. The third kappa shape index (κ3) is 6.02. The molecule has 13 heavy (non-hydrogen) atoms. The zero-order valence-electron chi connectivity index (χ0n) is 9.01. The van der Waals surface area contributed by atoms with Gasteiger partial charge in [-0.05, 0) is 32.2 Å². The van der Waals surface area contributed by atoms with E-state index in [4.69, 9.17) is 5.11 Å². The van der Waals surface area contributed by atoms with Gasteiger partial charge in [0.2, 0.25) is 0 Å². The Morgan fingerprint density at radius 3 is 2.38 bits per heavy atom. The zero-order valence-corrected chi connectivity index (χ0v) is 9.01. The summed E-state index contributed by atoms with van der Waals surface area (Å²) in [7, 11) is 0. The highest BCUT2D eigenvalue weighted by Crippen LogP contribution is 2.14. The van der Waals surface area contributed by atoms with E-state index in [-0.39, 0.29) is 12.5 Å². The molecule has 0 aliphatic rings. The van der Waals surface area contributed by atoms with Crippen LogP contribution in [-0.4, -0.2) is 35.5 Å². The van der Waals surface area contributed by atoms with Gasteiger partial charge in [0.15, 0.2) is 0 Å². The fraction of sp³-hybridized carbons (Fsp3) is 1.00. The van der Waals surface area contributed by atoms with E-state index in [9.17, 15) is 5.11 Å². The van der Waals surface area contributed by atoms with E-state index in [0.717, 1.165) is 19.4 Å². The third-order valence-corrected chi connectivity index (χ3v) is 2.49. The van der Waals surface area contributed by atoms with Crippen molar-refractivity contribution in [3.05, 3.63) is 0 Å². The highest BCUT2D eigenvalue weighted by molar-refractivity contribution is 4.78. The van der Waals surface area contributed by atoms with E-state index in [0.29, 0.717) is 6.54 Å². The highest BCUT2D eigenvalue weighted by atomic mass is 16.3. The maximum atomic E-state index is 9.84. The fourth-order valence-corrected chi connectivity index (χ4v) is 0.907. The van der Waals surface area contributed by atoms with Gasteiger partial charge in [-0.1, -0.05) is 13.8 Å². The zero-order chi connectivity index (χ0) is 10.3. The summed E-state index contributed by atoms with van der Waals surface area (Å²) in [6.07, 6.45) is 1.79. The first-order valence-electron chi connectivity index (χ1n) is 5.04. The average molecular weight is 189 g/mol. The molecular formula is C10H23NO2. The molecule has 3 heteroatoms. The molecule has 0 aromatic heterocycles. The number of rotatable bonds is 7. The Morgan fingerprint density at radius 2 is 1.92 bits per heavy atom. The van der Waals surface area contributed by atoms with Crippen LogP contribution in [0.3, 0.4) is 0 Å². The van der Waals surface area contributed by atoms with Crippen LogP contribution in [-0.2, 0) is 0 Å². The maximum absolute atomic E-state index is 9.84. The number of unbranched alkanes of at least 4 members (excludes halogenated alkanes) is 1. The van der Waals surface area contributed by atoms with Crippen LogP contribution in [0.1, 0.15) is 33.6 Å². The van der Waals surface area contributed by atoms with Gasteiger partial charge in [0, 0.05) is 13.2 Å². The Morgan fingerprint density at radius 1 is 1.31 bits per heavy atom. The van der Waals surface area contributed by atoms with Gasteiger partial charge in [0.05, 0.1) is 5.60 Å². The van der Waals surface area contributed by atoms with Crippen molar-refractivity contribution >= 4 is 0 Å². The summed E-state index contributed by atoms with van der Waals surface area (Å²) < 4.78 is 0. The van der Waals surface area contributed by atoms with Crippen molar-refractivity contribution in [2.75, 3.05) is 19.7 Å². The molecule has 0 spiro atoms. The lowest BCUT2D eigenvalue weighted by atomic mass is 9.92. The molecule has 1 unspecified atom stereocenters. The lowest BCUT2D eigenvalue weighted by Gasteiger charge is -2.27. The van der Waals surface area contributed by atoms with Crippen LogP contribution in [0.25, 0.3) is 0 Å². The molecule has 0 fully saturated rings. The standard InChI is InChI=1S/C10H23NO2/c1-9(2)10(3,13)8-11-6-4-5-7-12/h9,11-13H,4-8H2,1-3H3. The number of nitrogens with one attached hydrogen (secondary N) is 1. The molecule has 0 aromatic carbocycles. The van der Waals surface area contributed by atoms with Crippen LogP contribution < -0.4 is 5.32 Å². The van der Waals surface area contributed by atoms with Crippen molar-refractivity contribution in [2.45, 2.75) is 39.2 Å². The molecule has 0 bridgehead atoms. The lowest BCUT2D eigenvalue weighted by Crippen LogP contribution is -2.42. The number of hydrogen-bond acceptors (Lipinski definition) is 3. The monoisotopic (exact) mass is 189 g/mol. The Bertz CT molecular complexity index is 124. The quantitative estimate of drug-likeness (QED) is 0.518. The molecule has 0 saturated heterocycles. The molecule has 0 saturated carbocycles. The van der Waals surface area contributed by atoms with Crippen LogP contribution in [0.2, 0.25) is 0 Å². The minimum Gasteiger partial charge on any atom is -0.396 e. The minimum atomic E-state index is -0.626. The second kappa shape index (κ2) is 6.35. The van der Waals surface area contributed by atoms with Crippen LogP contribution in [0.4, 0.5) is 0 Å². The molecule has 80 valence electrons. The molecule has 3 nitrogen and oxygen atoms in total. The van der Waals surface area contributed by atoms with Crippen molar-refractivity contribution in [3.8, 4) is 0 Å². The Hall–Kier alpha value is -0.120. The highest BCUT2D eigenvalue weighted by Gasteiger charge is 2.23. The average Bonchev–Trinajstić information content (AvgIpc) is 2.03. The van der Waals surface area contributed by atoms with E-state index in [1.165, 1.54) is 0 Å². The summed E-state index contributed by atoms with van der Waals surface area (Å²) in [5, 5.41) is 21.6. The summed E-state index contributed by atoms with van der Waals surface area (Å²) in [4.78, 5) is 0. The molecule has 0 heterocycles. The van der Waals surface area contributed by atoms with Crippen LogP contribution in [0.5, 0.6) is 0 Å². The lowest BCUT2D eigenvalue weighted by molar-refractivity contribution is 0.0143. The Labute approximate surface area is 81.2 Å². The van der Waals surface area contributed by atoms with Crippen molar-refractivity contribution in [1.82, 2.24) is 5.32 Å². The molecule has 0 rings (SSSR count). The molecule has 0 aliphatic carbocycles. The van der Waals surface area contributed by atoms with Crippen LogP contribution in [0.15, 0.2) is 0 Å². The van der Waals surface area contributed by atoms with Gasteiger partial charge in [-0.3, -0.25) is 0 Å². The van der Waals surface area contributed by atoms with Gasteiger partial charge >= 0.3 is 0 Å². The van der Waals surface area contributed by atoms with Gasteiger partial charge in [-0.2, -0.15) is 0 Å². The number of aliphatic hydroxyl groups excluding tert-OH is 1. The van der Waals surface area contributed by atoms with Crippen molar-refractivity contribution in [2.24, 2.45) is 5.92 Å². The Kier molecular flexibility index (Phi) is 6.29. The van der Waals surface area contributed by atoms with Gasteiger partial charge in [-0.25, -0.2) is 0 Å². The van der Waals surface area contributed by atoms with E-state index >= 15 is 0 Å². The minimum absolute atomic E-state index is 0.252. The summed E-state index contributed by atoms with van der Waals surface area (Å²) >= 11 is 0. The predicted molar refractivity (Wildman–Crippen MR) is 54.7 cm³/mol. The van der Waals surface area contributed by atoms with E-state index in [1.54, 1.807) is 0 Å². The number of aliphatic hydroxyl groups is 2. The first-order chi connectivity index (χ1) is 6.00. The maximum Gasteiger partial charge on any atom is 0.0766 e. The van der Waals surface area contributed by atoms with Crippen molar-refractivity contribution in [1.29, 1.82) is 0 Å². The van der Waals surface area contributed by atoms with E-state index < -0.39 is 5.60 Å². The molecule has 0 amide bonds. The van der Waals surface area contributed by atoms with Crippen LogP contribution >= 0.6 is 0 Å². The third-order valence-electron chi connectivity index (χ3n) is 2.49. The summed E-state index contributed by atoms with van der Waals surface area (Å²) in [6.45, 7) is 7.60. The molecule has 3 N–H and O–H groups in total. The van der Waals surface area contributed by atoms with Gasteiger partial charge < -0.3 is 15.5 Å². The summed E-state index contributed by atoms with van der Waals surface area (Å²) in [5.41, 5.74) is -0.626. The molecule has 0 radical (unpaired) electrons. The molecule has 1 atom stereocenters. The summed E-state index contributed by atoms with van der Waals surface area (Å²) in [5.74, 6) is 0.262. The van der Waals surface area contributed by atoms with Crippen molar-refractivity contribution < 1.29 is 10.2 Å². The first kappa shape index (κ1) is 12.9. The SMILES string of the molecule is CC(C)C(C)(O)CNCCCCO. The second-order valence-electron chi connectivity index (χ2n) is 4.12. The van der Waals surface area contributed by atoms with Crippen molar-refractivity contribution in [3.63, 3.8) is 0 Å². The van der Waals surface area contributed by atoms with Gasteiger partial charge in [0.25, 0.3) is 0 Å². The normalized spacial score (nSPS) is 16.2. The summed E-state index contributed by atoms with van der Waals surface area (Å²) in [6, 6.07) is 0. The molecule has 0 aliphatic heterocycles. The Balaban J connectivity index is 3.41. The largest absolute Gasteiger partial charge is 0.396 e. The molecular weight excluding hydrogens is 166 g/mol. The van der Waals surface area contributed by atoms with Gasteiger partial charge in [0.1, 0.15) is 0 Å². The van der Waals surface area contributed by atoms with Crippen LogP contribution in [0, 0.1) is 5.92 Å². The van der Waals surface area contributed by atoms with E-state index in [1.807, 2.05) is 20.8 Å². The number of hydrogen-bond donors (Lipinski definition) is 3. The van der Waals surface area contributed by atoms with Gasteiger partial charge in [-0.15, -0.1) is 0 Å². The van der Waals surface area contributed by atoms with E-state index in [2.05, 4.69) is 5.32 Å². The topological polar surface area (TPSA) is 52.5 Å².